The monoisotopic (exact) mass is 260 g/mol. The van der Waals surface area contributed by atoms with Crippen LogP contribution in [0, 0.1) is 13.8 Å². The number of imidazole rings is 1. The molecule has 0 saturated carbocycles. The number of methoxy groups -OCH3 is 1. The van der Waals surface area contributed by atoms with Crippen LogP contribution < -0.4 is 16.0 Å². The van der Waals surface area contributed by atoms with Crippen LogP contribution >= 0.6 is 0 Å². The van der Waals surface area contributed by atoms with Crippen LogP contribution in [0.1, 0.15) is 28.4 Å². The van der Waals surface area contributed by atoms with E-state index >= 15 is 0 Å². The quantitative estimate of drug-likeness (QED) is 0.647. The molecule has 1 aromatic carbocycles. The second kappa shape index (κ2) is 5.42. The highest BCUT2D eigenvalue weighted by Gasteiger charge is 2.18. The number of hydrazine groups is 1. The molecule has 0 fully saturated rings. The van der Waals surface area contributed by atoms with Crippen molar-refractivity contribution in [3.8, 4) is 5.75 Å². The topological polar surface area (TPSA) is 65.1 Å². The molecule has 0 amide bonds. The van der Waals surface area contributed by atoms with Gasteiger partial charge >= 0.3 is 0 Å². The van der Waals surface area contributed by atoms with E-state index in [-0.39, 0.29) is 6.04 Å². The highest BCUT2D eigenvalue weighted by molar-refractivity contribution is 5.44. The first-order chi connectivity index (χ1) is 9.06. The summed E-state index contributed by atoms with van der Waals surface area (Å²) < 4.78 is 7.24. The predicted octanol–water partition coefficient (Wildman–Crippen LogP) is 1.60. The van der Waals surface area contributed by atoms with Crippen molar-refractivity contribution in [3.05, 3.63) is 47.0 Å². The number of ether oxygens (including phenoxy) is 1. The van der Waals surface area contributed by atoms with Crippen molar-refractivity contribution in [1.29, 1.82) is 0 Å². The molecule has 0 bridgehead atoms. The Morgan fingerprint density at radius 2 is 2.05 bits per heavy atom. The number of aryl methyl sites for hydroxylation is 3. The molecule has 1 atom stereocenters. The number of hydrogen-bond acceptors (Lipinski definition) is 4. The van der Waals surface area contributed by atoms with Crippen molar-refractivity contribution < 1.29 is 4.74 Å². The molecule has 1 heterocycles. The van der Waals surface area contributed by atoms with Gasteiger partial charge in [-0.15, -0.1) is 0 Å². The summed E-state index contributed by atoms with van der Waals surface area (Å²) in [5.74, 6) is 6.59. The number of nitrogens with two attached hydrogens (primary N) is 1. The van der Waals surface area contributed by atoms with Gasteiger partial charge in [0.2, 0.25) is 0 Å². The third kappa shape index (κ3) is 2.62. The summed E-state index contributed by atoms with van der Waals surface area (Å²) in [6.45, 7) is 4.07. The Bertz CT molecular complexity index is 577. The lowest BCUT2D eigenvalue weighted by Gasteiger charge is -2.18. The molecule has 0 spiro atoms. The first-order valence-corrected chi connectivity index (χ1v) is 6.16. The zero-order valence-corrected chi connectivity index (χ0v) is 11.8. The minimum atomic E-state index is -0.120. The summed E-state index contributed by atoms with van der Waals surface area (Å²) in [7, 11) is 3.62. The first kappa shape index (κ1) is 13.6. The van der Waals surface area contributed by atoms with Crippen molar-refractivity contribution in [3.63, 3.8) is 0 Å². The second-order valence-electron chi connectivity index (χ2n) is 4.74. The normalized spacial score (nSPS) is 12.5. The number of benzene rings is 1. The van der Waals surface area contributed by atoms with Crippen LogP contribution in [0.3, 0.4) is 0 Å². The van der Waals surface area contributed by atoms with E-state index in [1.165, 1.54) is 0 Å². The van der Waals surface area contributed by atoms with E-state index in [1.807, 2.05) is 37.7 Å². The van der Waals surface area contributed by atoms with Gasteiger partial charge in [-0.3, -0.25) is 5.84 Å². The molecule has 1 unspecified atom stereocenters. The molecule has 2 rings (SSSR count). The van der Waals surface area contributed by atoms with Gasteiger partial charge < -0.3 is 9.30 Å². The lowest BCUT2D eigenvalue weighted by molar-refractivity contribution is 0.411. The molecule has 0 aliphatic heterocycles. The second-order valence-corrected chi connectivity index (χ2v) is 4.74. The fraction of sp³-hybridized carbons (Fsp3) is 0.357. The van der Waals surface area contributed by atoms with Crippen LogP contribution in [0.2, 0.25) is 0 Å². The number of rotatable bonds is 4. The van der Waals surface area contributed by atoms with Gasteiger partial charge in [-0.25, -0.2) is 10.4 Å². The Morgan fingerprint density at radius 3 is 2.58 bits per heavy atom. The number of aromatic nitrogens is 2. The van der Waals surface area contributed by atoms with Crippen LogP contribution in [-0.4, -0.2) is 16.7 Å². The molecular weight excluding hydrogens is 240 g/mol. The molecule has 2 aromatic rings. The number of hydrogen-bond donors (Lipinski definition) is 2. The van der Waals surface area contributed by atoms with Crippen LogP contribution in [0.25, 0.3) is 0 Å². The van der Waals surface area contributed by atoms with Gasteiger partial charge in [0.15, 0.2) is 0 Å². The third-order valence-electron chi connectivity index (χ3n) is 3.28. The smallest absolute Gasteiger partial charge is 0.122 e. The van der Waals surface area contributed by atoms with Crippen LogP contribution in [0.15, 0.2) is 24.7 Å². The maximum absolute atomic E-state index is 5.71. The van der Waals surface area contributed by atoms with Gasteiger partial charge in [0, 0.05) is 13.2 Å². The fourth-order valence-electron chi connectivity index (χ4n) is 2.26. The van der Waals surface area contributed by atoms with E-state index in [0.29, 0.717) is 0 Å². The zero-order valence-electron chi connectivity index (χ0n) is 11.8. The summed E-state index contributed by atoms with van der Waals surface area (Å²) in [4.78, 5) is 4.37. The van der Waals surface area contributed by atoms with Crippen molar-refractivity contribution in [2.75, 3.05) is 7.11 Å². The molecule has 3 N–H and O–H groups in total. The zero-order chi connectivity index (χ0) is 14.0. The van der Waals surface area contributed by atoms with Crippen molar-refractivity contribution in [1.82, 2.24) is 15.0 Å². The van der Waals surface area contributed by atoms with Gasteiger partial charge in [0.05, 0.1) is 25.2 Å². The van der Waals surface area contributed by atoms with Crippen molar-refractivity contribution in [2.45, 2.75) is 19.9 Å². The average Bonchev–Trinajstić information content (AvgIpc) is 2.80. The summed E-state index contributed by atoms with van der Waals surface area (Å²) in [5.41, 5.74) is 7.05. The van der Waals surface area contributed by atoms with Crippen LogP contribution in [-0.2, 0) is 7.05 Å². The summed E-state index contributed by atoms with van der Waals surface area (Å²) >= 11 is 0. The fourth-order valence-corrected chi connectivity index (χ4v) is 2.26. The molecule has 5 nitrogen and oxygen atoms in total. The van der Waals surface area contributed by atoms with Crippen molar-refractivity contribution in [2.24, 2.45) is 12.9 Å². The van der Waals surface area contributed by atoms with E-state index in [9.17, 15) is 0 Å². The lowest BCUT2D eigenvalue weighted by Crippen LogP contribution is -2.29. The van der Waals surface area contributed by atoms with Gasteiger partial charge in [-0.05, 0) is 36.6 Å². The van der Waals surface area contributed by atoms with Crippen molar-refractivity contribution >= 4 is 0 Å². The Morgan fingerprint density at radius 1 is 1.32 bits per heavy atom. The van der Waals surface area contributed by atoms with Gasteiger partial charge in [-0.2, -0.15) is 0 Å². The Balaban J connectivity index is 2.47. The van der Waals surface area contributed by atoms with Crippen LogP contribution in [0.4, 0.5) is 0 Å². The summed E-state index contributed by atoms with van der Waals surface area (Å²) in [6, 6.07) is 4.00. The van der Waals surface area contributed by atoms with Gasteiger partial charge in [0.25, 0.3) is 0 Å². The minimum Gasteiger partial charge on any atom is -0.496 e. The molecule has 0 aliphatic rings. The largest absolute Gasteiger partial charge is 0.496 e. The number of nitrogens with one attached hydrogen (secondary N) is 1. The number of nitrogens with zero attached hydrogens (tertiary/aromatic N) is 2. The molecule has 5 heteroatoms. The lowest BCUT2D eigenvalue weighted by atomic mass is 9.97. The van der Waals surface area contributed by atoms with E-state index in [0.717, 1.165) is 28.1 Å². The van der Waals surface area contributed by atoms with Gasteiger partial charge in [-0.1, -0.05) is 6.07 Å². The highest BCUT2D eigenvalue weighted by atomic mass is 16.5. The minimum absolute atomic E-state index is 0.120. The average molecular weight is 260 g/mol. The van der Waals surface area contributed by atoms with E-state index in [1.54, 1.807) is 13.4 Å². The summed E-state index contributed by atoms with van der Waals surface area (Å²) in [6.07, 6.45) is 3.73. The van der Waals surface area contributed by atoms with E-state index < -0.39 is 0 Å². The maximum Gasteiger partial charge on any atom is 0.122 e. The predicted molar refractivity (Wildman–Crippen MR) is 74.8 cm³/mol. The van der Waals surface area contributed by atoms with E-state index in [4.69, 9.17) is 10.6 Å². The molecule has 0 aliphatic carbocycles. The SMILES string of the molecule is COc1cc(C)c(C(NN)c2cn(C)cn2)cc1C. The van der Waals surface area contributed by atoms with Crippen LogP contribution in [0.5, 0.6) is 5.75 Å². The first-order valence-electron chi connectivity index (χ1n) is 6.16. The molecule has 0 saturated heterocycles. The van der Waals surface area contributed by atoms with E-state index in [2.05, 4.69) is 16.5 Å². The molecule has 0 radical (unpaired) electrons. The highest BCUT2D eigenvalue weighted by Crippen LogP contribution is 2.29. The molecular formula is C14H20N4O. The Kier molecular flexibility index (Phi) is 3.87. The maximum atomic E-state index is 5.71. The Labute approximate surface area is 113 Å². The molecule has 102 valence electrons. The molecule has 1 aromatic heterocycles. The standard InChI is InChI=1S/C14H20N4O/c1-9-6-13(19-4)10(2)5-11(9)14(17-15)12-7-18(3)8-16-12/h5-8,14,17H,15H2,1-4H3. The Hall–Kier alpha value is -1.85. The molecule has 19 heavy (non-hydrogen) atoms. The van der Waals surface area contributed by atoms with Gasteiger partial charge in [0.1, 0.15) is 5.75 Å². The summed E-state index contributed by atoms with van der Waals surface area (Å²) in [5, 5.41) is 0. The third-order valence-corrected chi connectivity index (χ3v) is 3.28.